The summed E-state index contributed by atoms with van der Waals surface area (Å²) in [6.07, 6.45) is 0. The fourth-order valence-corrected chi connectivity index (χ4v) is 3.54. The lowest BCUT2D eigenvalue weighted by Crippen LogP contribution is -2.27. The molecule has 152 valence electrons. The van der Waals surface area contributed by atoms with Gasteiger partial charge in [-0.2, -0.15) is 9.67 Å². The molecule has 0 saturated carbocycles. The smallest absolute Gasteiger partial charge is 0.289 e. The van der Waals surface area contributed by atoms with Crippen molar-refractivity contribution in [2.75, 3.05) is 11.9 Å². The van der Waals surface area contributed by atoms with Crippen molar-refractivity contribution in [1.82, 2.24) is 24.5 Å². The summed E-state index contributed by atoms with van der Waals surface area (Å²) in [7, 11) is 1.87. The van der Waals surface area contributed by atoms with E-state index in [1.807, 2.05) is 72.6 Å². The second-order valence-electron chi connectivity index (χ2n) is 6.93. The summed E-state index contributed by atoms with van der Waals surface area (Å²) in [4.78, 5) is 20.3. The average Bonchev–Trinajstić information content (AvgIpc) is 3.24. The maximum Gasteiger partial charge on any atom is 0.289 e. The summed E-state index contributed by atoms with van der Waals surface area (Å²) < 4.78 is 3.10. The largest absolute Gasteiger partial charge is 0.315 e. The molecule has 0 unspecified atom stereocenters. The van der Waals surface area contributed by atoms with Crippen molar-refractivity contribution in [1.29, 1.82) is 0 Å². The summed E-state index contributed by atoms with van der Waals surface area (Å²) in [6, 6.07) is 26.2. The highest BCUT2D eigenvalue weighted by molar-refractivity contribution is 6.30. The van der Waals surface area contributed by atoms with E-state index >= 15 is 0 Å². The Morgan fingerprint density at radius 3 is 2.16 bits per heavy atom. The first kappa shape index (κ1) is 19.0. The standard InChI is InChI=1S/C23H17ClN6O/c1-28(17-8-4-2-5-9-17)23-25-21-20(22(31)29(23)18-10-6-3-7-11-18)26-27-30(21)19-14-12-16(24)13-15-19/h2-15H,1H3. The van der Waals surface area contributed by atoms with Gasteiger partial charge in [0.2, 0.25) is 5.95 Å². The zero-order chi connectivity index (χ0) is 21.4. The lowest BCUT2D eigenvalue weighted by atomic mass is 10.3. The molecule has 2 heterocycles. The van der Waals surface area contributed by atoms with E-state index < -0.39 is 0 Å². The van der Waals surface area contributed by atoms with E-state index in [4.69, 9.17) is 16.6 Å². The van der Waals surface area contributed by atoms with Crippen LogP contribution in [-0.2, 0) is 0 Å². The van der Waals surface area contributed by atoms with Crippen LogP contribution in [0.2, 0.25) is 5.02 Å². The molecule has 5 aromatic rings. The molecule has 0 fully saturated rings. The van der Waals surface area contributed by atoms with Gasteiger partial charge in [0, 0.05) is 17.8 Å². The molecule has 0 aliphatic carbocycles. The number of halogens is 1. The first-order valence-electron chi connectivity index (χ1n) is 9.62. The number of anilines is 2. The number of fused-ring (bicyclic) bond motifs is 1. The van der Waals surface area contributed by atoms with Crippen molar-refractivity contribution in [3.05, 3.63) is 100 Å². The Morgan fingerprint density at radius 1 is 0.839 bits per heavy atom. The summed E-state index contributed by atoms with van der Waals surface area (Å²) in [5.41, 5.74) is 2.56. The Balaban J connectivity index is 1.80. The van der Waals surface area contributed by atoms with E-state index in [1.165, 1.54) is 0 Å². The van der Waals surface area contributed by atoms with Crippen LogP contribution in [-0.4, -0.2) is 31.6 Å². The van der Waals surface area contributed by atoms with E-state index in [9.17, 15) is 4.79 Å². The number of hydrogen-bond acceptors (Lipinski definition) is 5. The van der Waals surface area contributed by atoms with Gasteiger partial charge in [-0.3, -0.25) is 4.79 Å². The van der Waals surface area contributed by atoms with Gasteiger partial charge in [0.25, 0.3) is 5.56 Å². The van der Waals surface area contributed by atoms with Crippen LogP contribution in [0.1, 0.15) is 0 Å². The molecule has 0 aliphatic heterocycles. The molecule has 0 radical (unpaired) electrons. The Morgan fingerprint density at radius 2 is 1.48 bits per heavy atom. The zero-order valence-corrected chi connectivity index (χ0v) is 17.3. The average molecular weight is 429 g/mol. The van der Waals surface area contributed by atoms with Gasteiger partial charge >= 0.3 is 0 Å². The van der Waals surface area contributed by atoms with Crippen LogP contribution in [0.25, 0.3) is 22.5 Å². The van der Waals surface area contributed by atoms with Crippen molar-refractivity contribution in [2.45, 2.75) is 0 Å². The molecule has 2 aromatic heterocycles. The lowest BCUT2D eigenvalue weighted by Gasteiger charge is -2.22. The van der Waals surface area contributed by atoms with Gasteiger partial charge in [-0.25, -0.2) is 4.57 Å². The van der Waals surface area contributed by atoms with E-state index in [2.05, 4.69) is 10.3 Å². The minimum atomic E-state index is -0.297. The molecule has 0 spiro atoms. The Labute approximate surface area is 182 Å². The summed E-state index contributed by atoms with van der Waals surface area (Å²) >= 11 is 6.02. The number of nitrogens with zero attached hydrogens (tertiary/aromatic N) is 6. The summed E-state index contributed by atoms with van der Waals surface area (Å²) in [6.45, 7) is 0. The molecular formula is C23H17ClN6O. The van der Waals surface area contributed by atoms with Crippen LogP contribution in [0.15, 0.2) is 89.7 Å². The van der Waals surface area contributed by atoms with Crippen LogP contribution in [0.4, 0.5) is 11.6 Å². The van der Waals surface area contributed by atoms with Gasteiger partial charge in [-0.1, -0.05) is 53.2 Å². The maximum absolute atomic E-state index is 13.5. The predicted octanol–water partition coefficient (Wildman–Crippen LogP) is 4.39. The molecular weight excluding hydrogens is 412 g/mol. The molecule has 0 amide bonds. The van der Waals surface area contributed by atoms with E-state index in [0.717, 1.165) is 5.69 Å². The van der Waals surface area contributed by atoms with Crippen LogP contribution in [0.3, 0.4) is 0 Å². The third-order valence-corrected chi connectivity index (χ3v) is 5.24. The van der Waals surface area contributed by atoms with Gasteiger partial charge in [0.05, 0.1) is 11.4 Å². The monoisotopic (exact) mass is 428 g/mol. The van der Waals surface area contributed by atoms with Crippen LogP contribution in [0.5, 0.6) is 0 Å². The second kappa shape index (κ2) is 7.70. The number of benzene rings is 3. The van der Waals surface area contributed by atoms with Crippen molar-refractivity contribution in [3.8, 4) is 11.4 Å². The Kier molecular flexibility index (Phi) is 4.72. The zero-order valence-electron chi connectivity index (χ0n) is 16.6. The summed E-state index contributed by atoms with van der Waals surface area (Å²) in [5.74, 6) is 0.451. The first-order valence-corrected chi connectivity index (χ1v) is 10.00. The SMILES string of the molecule is CN(c1ccccc1)c1nc2c(nnn2-c2ccc(Cl)cc2)c(=O)n1-c1ccccc1. The number of para-hydroxylation sites is 2. The Bertz CT molecular complexity index is 1410. The second-order valence-corrected chi connectivity index (χ2v) is 7.37. The minimum Gasteiger partial charge on any atom is -0.315 e. The van der Waals surface area contributed by atoms with E-state index in [-0.39, 0.29) is 11.1 Å². The minimum absolute atomic E-state index is 0.184. The van der Waals surface area contributed by atoms with Crippen molar-refractivity contribution < 1.29 is 0 Å². The Hall–Kier alpha value is -3.97. The van der Waals surface area contributed by atoms with Crippen molar-refractivity contribution in [2.24, 2.45) is 0 Å². The van der Waals surface area contributed by atoms with Crippen molar-refractivity contribution >= 4 is 34.4 Å². The lowest BCUT2D eigenvalue weighted by molar-refractivity contribution is 0.816. The summed E-state index contributed by atoms with van der Waals surface area (Å²) in [5, 5.41) is 8.94. The van der Waals surface area contributed by atoms with Gasteiger partial charge in [0.15, 0.2) is 11.2 Å². The number of rotatable bonds is 4. The molecule has 0 aliphatic rings. The van der Waals surface area contributed by atoms with Gasteiger partial charge in [-0.05, 0) is 48.5 Å². The first-order chi connectivity index (χ1) is 15.1. The van der Waals surface area contributed by atoms with Crippen molar-refractivity contribution in [3.63, 3.8) is 0 Å². The third-order valence-electron chi connectivity index (χ3n) is 4.99. The molecule has 0 saturated heterocycles. The number of hydrogen-bond donors (Lipinski definition) is 0. The molecule has 5 rings (SSSR count). The van der Waals surface area contributed by atoms with Gasteiger partial charge in [-0.15, -0.1) is 5.10 Å². The fraction of sp³-hybridized carbons (Fsp3) is 0.0435. The molecule has 31 heavy (non-hydrogen) atoms. The fourth-order valence-electron chi connectivity index (χ4n) is 3.42. The van der Waals surface area contributed by atoms with E-state index in [0.29, 0.717) is 28.0 Å². The molecule has 0 bridgehead atoms. The van der Waals surface area contributed by atoms with Crippen LogP contribution < -0.4 is 10.5 Å². The molecule has 8 heteroatoms. The van der Waals surface area contributed by atoms with Gasteiger partial charge in [0.1, 0.15) is 0 Å². The topological polar surface area (TPSA) is 68.8 Å². The highest BCUT2D eigenvalue weighted by Crippen LogP contribution is 2.25. The third kappa shape index (κ3) is 3.35. The molecule has 0 N–H and O–H groups in total. The molecule has 0 atom stereocenters. The van der Waals surface area contributed by atoms with E-state index in [1.54, 1.807) is 33.5 Å². The predicted molar refractivity (Wildman–Crippen MR) is 122 cm³/mol. The quantitative estimate of drug-likeness (QED) is 0.424. The number of aromatic nitrogens is 5. The molecule has 7 nitrogen and oxygen atoms in total. The van der Waals surface area contributed by atoms with Crippen LogP contribution in [0, 0.1) is 0 Å². The highest BCUT2D eigenvalue weighted by Gasteiger charge is 2.21. The van der Waals surface area contributed by atoms with Gasteiger partial charge < -0.3 is 4.90 Å². The highest BCUT2D eigenvalue weighted by atomic mass is 35.5. The normalized spacial score (nSPS) is 11.0. The molecule has 3 aromatic carbocycles. The maximum atomic E-state index is 13.5. The van der Waals surface area contributed by atoms with Crippen LogP contribution >= 0.6 is 11.6 Å².